The summed E-state index contributed by atoms with van der Waals surface area (Å²) < 4.78 is 0. The molecule has 76 valence electrons. The molecule has 0 bridgehead atoms. The number of hydrogen-bond donors (Lipinski definition) is 1. The minimum Gasteiger partial charge on any atom is -0.316 e. The molecule has 0 heterocycles. The highest BCUT2D eigenvalue weighted by Crippen LogP contribution is 2.56. The topological polar surface area (TPSA) is 12.0 Å². The van der Waals surface area contributed by atoms with Gasteiger partial charge in [0.25, 0.3) is 0 Å². The summed E-state index contributed by atoms with van der Waals surface area (Å²) >= 11 is 0. The Bertz CT molecular complexity index is 232. The molecule has 2 atom stereocenters. The van der Waals surface area contributed by atoms with Crippen LogP contribution in [0.4, 0.5) is 0 Å². The molecule has 1 N–H and O–H groups in total. The van der Waals surface area contributed by atoms with Crippen LogP contribution in [-0.4, -0.2) is 13.6 Å². The fourth-order valence-corrected chi connectivity index (χ4v) is 1.79. The van der Waals surface area contributed by atoms with E-state index in [2.05, 4.69) is 30.5 Å². The molecule has 1 heteroatoms. The van der Waals surface area contributed by atoms with E-state index in [4.69, 9.17) is 0 Å². The number of hydrogen-bond acceptors (Lipinski definition) is 1. The Morgan fingerprint density at radius 2 is 2.31 bits per heavy atom. The van der Waals surface area contributed by atoms with Crippen molar-refractivity contribution in [2.24, 2.45) is 11.3 Å². The largest absolute Gasteiger partial charge is 0.316 e. The summed E-state index contributed by atoms with van der Waals surface area (Å²) in [6.45, 7) is 7.35. The Morgan fingerprint density at radius 1 is 1.62 bits per heavy atom. The predicted molar refractivity (Wildman–Crippen MR) is 60.8 cm³/mol. The smallest absolute Gasteiger partial charge is 0.0199 e. The zero-order valence-electron chi connectivity index (χ0n) is 9.22. The molecule has 0 aromatic carbocycles. The molecule has 0 aromatic heterocycles. The monoisotopic (exact) mass is 181 g/mol. The van der Waals surface area contributed by atoms with Gasteiger partial charge in [-0.3, -0.25) is 0 Å². The van der Waals surface area contributed by atoms with Crippen molar-refractivity contribution >= 4 is 0 Å². The molecule has 1 fully saturated rings. The van der Waals surface area contributed by atoms with Gasteiger partial charge in [-0.05, 0) is 30.4 Å². The molecule has 0 saturated heterocycles. The maximum Gasteiger partial charge on any atom is 0.0199 e. The van der Waals surface area contributed by atoms with Gasteiger partial charge >= 0.3 is 0 Å². The summed E-state index contributed by atoms with van der Waals surface area (Å²) in [5.41, 5.74) is 1.99. The molecule has 2 rings (SSSR count). The van der Waals surface area contributed by atoms with Gasteiger partial charge < -0.3 is 5.32 Å². The Hall–Kier alpha value is -0.560. The van der Waals surface area contributed by atoms with Crippen molar-refractivity contribution in [2.75, 3.05) is 13.6 Å². The summed E-state index contributed by atoms with van der Waals surface area (Å²) in [5, 5.41) is 3.17. The molecular weight excluding hydrogens is 158 g/mol. The van der Waals surface area contributed by atoms with Crippen LogP contribution in [0.5, 0.6) is 0 Å². The van der Waals surface area contributed by atoms with Crippen LogP contribution >= 0.6 is 0 Å². The molecule has 1 nitrogen and oxygen atoms in total. The third-order valence-electron chi connectivity index (χ3n) is 2.82. The molecule has 0 amide bonds. The van der Waals surface area contributed by atoms with Crippen molar-refractivity contribution in [2.45, 2.75) is 27.2 Å². The van der Waals surface area contributed by atoms with E-state index in [9.17, 15) is 0 Å². The van der Waals surface area contributed by atoms with E-state index >= 15 is 0 Å². The predicted octanol–water partition coefficient (Wildman–Crippen LogP) is 3.00. The van der Waals surface area contributed by atoms with Crippen molar-refractivity contribution < 1.29 is 1.43 Å². The first-order chi connectivity index (χ1) is 6.24. The standard InChI is InChI=1S/C10H15N.C2H6.H2/c1-10-4-3-8(7-11-2)5-9(10)6-10;1-2;/h3-5,9,11H,6-7H2,1-2H3;1-2H3;1H. The Labute approximate surface area is 83.4 Å². The maximum absolute atomic E-state index is 3.17. The van der Waals surface area contributed by atoms with Crippen molar-refractivity contribution in [3.05, 3.63) is 23.8 Å². The van der Waals surface area contributed by atoms with Crippen LogP contribution in [-0.2, 0) is 0 Å². The normalized spacial score (nSPS) is 34.2. The average molecular weight is 181 g/mol. The summed E-state index contributed by atoms with van der Waals surface area (Å²) in [7, 11) is 2.00. The van der Waals surface area contributed by atoms with Gasteiger partial charge in [0.2, 0.25) is 0 Å². The van der Waals surface area contributed by atoms with Crippen LogP contribution < -0.4 is 5.32 Å². The van der Waals surface area contributed by atoms with E-state index in [-0.39, 0.29) is 1.43 Å². The highest BCUT2D eigenvalue weighted by molar-refractivity contribution is 5.35. The van der Waals surface area contributed by atoms with Gasteiger partial charge in [-0.2, -0.15) is 0 Å². The molecular formula is C12H23N. The minimum atomic E-state index is 0. The highest BCUT2D eigenvalue weighted by atomic mass is 14.8. The van der Waals surface area contributed by atoms with Gasteiger partial charge in [-0.25, -0.2) is 0 Å². The molecule has 2 aliphatic carbocycles. The summed E-state index contributed by atoms with van der Waals surface area (Å²) in [6, 6.07) is 0. The third-order valence-corrected chi connectivity index (χ3v) is 2.82. The van der Waals surface area contributed by atoms with Crippen molar-refractivity contribution in [3.8, 4) is 0 Å². The number of likely N-dealkylation sites (N-methyl/N-ethyl adjacent to an activating group) is 1. The Kier molecular flexibility index (Phi) is 3.32. The lowest BCUT2D eigenvalue weighted by Gasteiger charge is -2.10. The molecule has 13 heavy (non-hydrogen) atoms. The van der Waals surface area contributed by atoms with Gasteiger partial charge in [0.15, 0.2) is 0 Å². The second-order valence-electron chi connectivity index (χ2n) is 3.92. The van der Waals surface area contributed by atoms with Crippen LogP contribution in [0, 0.1) is 11.3 Å². The summed E-state index contributed by atoms with van der Waals surface area (Å²) in [5.74, 6) is 0.843. The second-order valence-corrected chi connectivity index (χ2v) is 3.92. The van der Waals surface area contributed by atoms with Gasteiger partial charge in [-0.1, -0.05) is 39.0 Å². The van der Waals surface area contributed by atoms with Crippen LogP contribution in [0.3, 0.4) is 0 Å². The lowest BCUT2D eigenvalue weighted by atomic mass is 9.98. The lowest BCUT2D eigenvalue weighted by Crippen LogP contribution is -2.11. The molecule has 2 unspecified atom stereocenters. The second kappa shape index (κ2) is 4.10. The number of nitrogens with one attached hydrogen (secondary N) is 1. The highest BCUT2D eigenvalue weighted by Gasteiger charge is 2.47. The van der Waals surface area contributed by atoms with E-state index in [1.54, 1.807) is 0 Å². The maximum atomic E-state index is 3.17. The van der Waals surface area contributed by atoms with E-state index in [1.807, 2.05) is 20.9 Å². The van der Waals surface area contributed by atoms with E-state index in [0.717, 1.165) is 12.5 Å². The molecule has 1 saturated carbocycles. The number of allylic oxidation sites excluding steroid dienone is 2. The van der Waals surface area contributed by atoms with Gasteiger partial charge in [0.05, 0.1) is 0 Å². The van der Waals surface area contributed by atoms with Crippen molar-refractivity contribution in [3.63, 3.8) is 0 Å². The summed E-state index contributed by atoms with van der Waals surface area (Å²) in [4.78, 5) is 0. The van der Waals surface area contributed by atoms with Gasteiger partial charge in [0, 0.05) is 7.97 Å². The van der Waals surface area contributed by atoms with E-state index in [0.29, 0.717) is 5.41 Å². The van der Waals surface area contributed by atoms with Crippen molar-refractivity contribution in [1.29, 1.82) is 0 Å². The van der Waals surface area contributed by atoms with Crippen LogP contribution in [0.15, 0.2) is 23.8 Å². The summed E-state index contributed by atoms with van der Waals surface area (Å²) in [6.07, 6.45) is 8.40. The lowest BCUT2D eigenvalue weighted by molar-refractivity contribution is 0.681. The zero-order chi connectivity index (χ0) is 9.90. The van der Waals surface area contributed by atoms with Crippen LogP contribution in [0.25, 0.3) is 0 Å². The molecule has 2 aliphatic rings. The SMILES string of the molecule is CC.CNCC1=CC2CC2(C)C=C1.[HH]. The first-order valence-electron chi connectivity index (χ1n) is 5.29. The fourth-order valence-electron chi connectivity index (χ4n) is 1.79. The minimum absolute atomic E-state index is 0. The first-order valence-corrected chi connectivity index (χ1v) is 5.29. The van der Waals surface area contributed by atoms with Crippen LogP contribution in [0.2, 0.25) is 0 Å². The fraction of sp³-hybridized carbons (Fsp3) is 0.667. The van der Waals surface area contributed by atoms with Crippen molar-refractivity contribution in [1.82, 2.24) is 5.32 Å². The number of fused-ring (bicyclic) bond motifs is 1. The number of rotatable bonds is 2. The molecule has 0 aliphatic heterocycles. The Balaban J connectivity index is 0.000000531. The van der Waals surface area contributed by atoms with E-state index in [1.165, 1.54) is 12.0 Å². The van der Waals surface area contributed by atoms with Gasteiger partial charge in [0.1, 0.15) is 0 Å². The zero-order valence-corrected chi connectivity index (χ0v) is 9.22. The third kappa shape index (κ3) is 2.22. The molecule has 0 radical (unpaired) electrons. The first kappa shape index (κ1) is 10.5. The van der Waals surface area contributed by atoms with Gasteiger partial charge in [-0.15, -0.1) is 0 Å². The van der Waals surface area contributed by atoms with Crippen LogP contribution in [0.1, 0.15) is 28.6 Å². The molecule has 0 spiro atoms. The average Bonchev–Trinajstić information content (AvgIpc) is 2.80. The molecule has 0 aromatic rings. The van der Waals surface area contributed by atoms with E-state index < -0.39 is 0 Å². The quantitative estimate of drug-likeness (QED) is 0.690. The Morgan fingerprint density at radius 3 is 2.85 bits per heavy atom.